The first kappa shape index (κ1) is 14.2. The summed E-state index contributed by atoms with van der Waals surface area (Å²) in [6.45, 7) is 11.1. The fraction of sp³-hybridized carbons (Fsp3) is 0.600. The highest BCUT2D eigenvalue weighted by Crippen LogP contribution is 2.15. The Bertz CT molecular complexity index is 313. The third-order valence-electron chi connectivity index (χ3n) is 3.24. The molecule has 0 fully saturated rings. The van der Waals surface area contributed by atoms with Gasteiger partial charge in [0.25, 0.3) is 0 Å². The molecule has 0 aromatic heterocycles. The van der Waals surface area contributed by atoms with Crippen molar-refractivity contribution in [2.75, 3.05) is 26.7 Å². The van der Waals surface area contributed by atoms with Crippen LogP contribution in [0.1, 0.15) is 30.0 Å². The Labute approximate surface area is 106 Å². The monoisotopic (exact) mass is 234 g/mol. The summed E-state index contributed by atoms with van der Waals surface area (Å²) in [6, 6.07) is 6.57. The number of aryl methyl sites for hydroxylation is 2. The smallest absolute Gasteiger partial charge is 0.0239 e. The van der Waals surface area contributed by atoms with Crippen molar-refractivity contribution in [2.45, 2.75) is 33.7 Å². The van der Waals surface area contributed by atoms with E-state index in [-0.39, 0.29) is 0 Å². The molecule has 0 aliphatic heterocycles. The molecular weight excluding hydrogens is 208 g/mol. The van der Waals surface area contributed by atoms with Gasteiger partial charge in [0.2, 0.25) is 0 Å². The van der Waals surface area contributed by atoms with Crippen LogP contribution in [-0.4, -0.2) is 31.6 Å². The Hall–Kier alpha value is -0.860. The summed E-state index contributed by atoms with van der Waals surface area (Å²) in [5.74, 6) is 0. The molecule has 0 aliphatic carbocycles. The fourth-order valence-corrected chi connectivity index (χ4v) is 2.18. The predicted octanol–water partition coefficient (Wildman–Crippen LogP) is 2.73. The van der Waals surface area contributed by atoms with Gasteiger partial charge in [-0.1, -0.05) is 25.1 Å². The van der Waals surface area contributed by atoms with Crippen molar-refractivity contribution >= 4 is 0 Å². The molecule has 2 heteroatoms. The second kappa shape index (κ2) is 7.46. The van der Waals surface area contributed by atoms with E-state index >= 15 is 0 Å². The summed E-state index contributed by atoms with van der Waals surface area (Å²) in [4.78, 5) is 2.53. The van der Waals surface area contributed by atoms with Gasteiger partial charge in [-0.2, -0.15) is 0 Å². The van der Waals surface area contributed by atoms with E-state index in [1.54, 1.807) is 0 Å². The Morgan fingerprint density at radius 3 is 2.29 bits per heavy atom. The van der Waals surface area contributed by atoms with E-state index < -0.39 is 0 Å². The van der Waals surface area contributed by atoms with Gasteiger partial charge in [-0.3, -0.25) is 4.90 Å². The fourth-order valence-electron chi connectivity index (χ4n) is 2.18. The number of hydrogen-bond donors (Lipinski definition) is 1. The number of nitrogens with zero attached hydrogens (tertiary/aromatic N) is 1. The van der Waals surface area contributed by atoms with E-state index in [0.717, 1.165) is 19.6 Å². The maximum Gasteiger partial charge on any atom is 0.0239 e. The van der Waals surface area contributed by atoms with Crippen molar-refractivity contribution in [3.8, 4) is 0 Å². The maximum atomic E-state index is 3.23. The van der Waals surface area contributed by atoms with Crippen molar-refractivity contribution in [3.05, 3.63) is 34.9 Å². The van der Waals surface area contributed by atoms with Gasteiger partial charge in [-0.05, 0) is 50.6 Å². The van der Waals surface area contributed by atoms with Crippen LogP contribution in [0.2, 0.25) is 0 Å². The van der Waals surface area contributed by atoms with Crippen LogP contribution in [0.15, 0.2) is 18.2 Å². The van der Waals surface area contributed by atoms with Crippen molar-refractivity contribution in [2.24, 2.45) is 0 Å². The second-order valence-corrected chi connectivity index (χ2v) is 4.75. The Balaban J connectivity index is 2.70. The van der Waals surface area contributed by atoms with E-state index in [1.807, 2.05) is 7.05 Å². The van der Waals surface area contributed by atoms with Crippen molar-refractivity contribution in [1.82, 2.24) is 10.2 Å². The van der Waals surface area contributed by atoms with Crippen molar-refractivity contribution < 1.29 is 0 Å². The molecule has 0 saturated carbocycles. The zero-order chi connectivity index (χ0) is 12.7. The number of hydrogen-bond acceptors (Lipinski definition) is 2. The van der Waals surface area contributed by atoms with E-state index in [9.17, 15) is 0 Å². The zero-order valence-electron chi connectivity index (χ0n) is 11.7. The highest BCUT2D eigenvalue weighted by molar-refractivity contribution is 5.33. The maximum absolute atomic E-state index is 3.23. The average molecular weight is 234 g/mol. The quantitative estimate of drug-likeness (QED) is 0.780. The highest BCUT2D eigenvalue weighted by Gasteiger charge is 2.08. The van der Waals surface area contributed by atoms with Crippen molar-refractivity contribution in [3.63, 3.8) is 0 Å². The van der Waals surface area contributed by atoms with E-state index in [1.165, 1.54) is 29.7 Å². The number of benzene rings is 1. The zero-order valence-corrected chi connectivity index (χ0v) is 11.7. The van der Waals surface area contributed by atoms with Gasteiger partial charge in [-0.15, -0.1) is 0 Å². The minimum Gasteiger partial charge on any atom is -0.318 e. The van der Waals surface area contributed by atoms with Gasteiger partial charge >= 0.3 is 0 Å². The number of nitrogens with one attached hydrogen (secondary N) is 1. The molecule has 17 heavy (non-hydrogen) atoms. The summed E-state index contributed by atoms with van der Waals surface area (Å²) in [5, 5.41) is 3.23. The molecule has 0 spiro atoms. The number of likely N-dealkylation sites (N-methyl/N-ethyl adjacent to an activating group) is 1. The lowest BCUT2D eigenvalue weighted by Gasteiger charge is -2.23. The molecule has 96 valence electrons. The summed E-state index contributed by atoms with van der Waals surface area (Å²) >= 11 is 0. The van der Waals surface area contributed by atoms with Gasteiger partial charge in [-0.25, -0.2) is 0 Å². The van der Waals surface area contributed by atoms with Crippen LogP contribution >= 0.6 is 0 Å². The SMILES string of the molecule is CCCN(CCNC)Cc1c(C)cccc1C. The third-order valence-corrected chi connectivity index (χ3v) is 3.24. The molecule has 0 heterocycles. The highest BCUT2D eigenvalue weighted by atomic mass is 15.1. The largest absolute Gasteiger partial charge is 0.318 e. The molecule has 1 aromatic rings. The summed E-state index contributed by atoms with van der Waals surface area (Å²) in [5.41, 5.74) is 4.32. The first-order chi connectivity index (χ1) is 8.19. The van der Waals surface area contributed by atoms with Crippen LogP contribution in [0, 0.1) is 13.8 Å². The van der Waals surface area contributed by atoms with E-state index in [0.29, 0.717) is 0 Å². The Morgan fingerprint density at radius 1 is 1.12 bits per heavy atom. The predicted molar refractivity (Wildman–Crippen MR) is 75.4 cm³/mol. The molecular formula is C15H26N2. The molecule has 0 atom stereocenters. The van der Waals surface area contributed by atoms with Crippen LogP contribution in [0.3, 0.4) is 0 Å². The normalized spacial score (nSPS) is 11.1. The molecule has 0 amide bonds. The molecule has 1 N–H and O–H groups in total. The average Bonchev–Trinajstić information content (AvgIpc) is 2.31. The molecule has 1 rings (SSSR count). The number of rotatable bonds is 7. The van der Waals surface area contributed by atoms with Gasteiger partial charge in [0, 0.05) is 19.6 Å². The first-order valence-electron chi connectivity index (χ1n) is 6.61. The minimum absolute atomic E-state index is 1.06. The van der Waals surface area contributed by atoms with Crippen molar-refractivity contribution in [1.29, 1.82) is 0 Å². The van der Waals surface area contributed by atoms with Crippen LogP contribution in [0.5, 0.6) is 0 Å². The lowest BCUT2D eigenvalue weighted by molar-refractivity contribution is 0.267. The topological polar surface area (TPSA) is 15.3 Å². The molecule has 0 bridgehead atoms. The second-order valence-electron chi connectivity index (χ2n) is 4.75. The van der Waals surface area contributed by atoms with Gasteiger partial charge in [0.1, 0.15) is 0 Å². The van der Waals surface area contributed by atoms with Gasteiger partial charge < -0.3 is 5.32 Å². The molecule has 1 aromatic carbocycles. The molecule has 0 aliphatic rings. The first-order valence-corrected chi connectivity index (χ1v) is 6.61. The summed E-state index contributed by atoms with van der Waals surface area (Å²) in [6.07, 6.45) is 1.22. The standard InChI is InChI=1S/C15H26N2/c1-5-10-17(11-9-16-4)12-15-13(2)7-6-8-14(15)3/h6-8,16H,5,9-12H2,1-4H3. The Morgan fingerprint density at radius 2 is 1.76 bits per heavy atom. The Kier molecular flexibility index (Phi) is 6.23. The lowest BCUT2D eigenvalue weighted by Crippen LogP contribution is -2.31. The molecule has 0 saturated heterocycles. The molecule has 0 radical (unpaired) electrons. The summed E-state index contributed by atoms with van der Waals surface area (Å²) < 4.78 is 0. The molecule has 0 unspecified atom stereocenters. The van der Waals surface area contributed by atoms with Crippen LogP contribution < -0.4 is 5.32 Å². The van der Waals surface area contributed by atoms with Crippen LogP contribution in [-0.2, 0) is 6.54 Å². The molecule has 2 nitrogen and oxygen atoms in total. The van der Waals surface area contributed by atoms with Gasteiger partial charge in [0.05, 0.1) is 0 Å². The van der Waals surface area contributed by atoms with E-state index in [4.69, 9.17) is 0 Å². The minimum atomic E-state index is 1.06. The summed E-state index contributed by atoms with van der Waals surface area (Å²) in [7, 11) is 2.02. The van der Waals surface area contributed by atoms with Gasteiger partial charge in [0.15, 0.2) is 0 Å². The van der Waals surface area contributed by atoms with Crippen LogP contribution in [0.4, 0.5) is 0 Å². The van der Waals surface area contributed by atoms with Crippen LogP contribution in [0.25, 0.3) is 0 Å². The lowest BCUT2D eigenvalue weighted by atomic mass is 10.0. The third kappa shape index (κ3) is 4.49. The van der Waals surface area contributed by atoms with E-state index in [2.05, 4.69) is 49.2 Å².